The van der Waals surface area contributed by atoms with Gasteiger partial charge >= 0.3 is 0 Å². The Bertz CT molecular complexity index is 764. The van der Waals surface area contributed by atoms with E-state index in [1.807, 2.05) is 20.9 Å². The molecular formula is C15H20ClN5O. The molecule has 0 atom stereocenters. The normalized spacial score (nSPS) is 15.1. The van der Waals surface area contributed by atoms with Crippen molar-refractivity contribution >= 4 is 11.6 Å². The summed E-state index contributed by atoms with van der Waals surface area (Å²) < 4.78 is 3.22. The van der Waals surface area contributed by atoms with E-state index in [2.05, 4.69) is 15.1 Å². The Balaban J connectivity index is 1.82. The highest BCUT2D eigenvalue weighted by molar-refractivity contribution is 6.30. The van der Waals surface area contributed by atoms with Crippen LogP contribution >= 0.6 is 11.6 Å². The molecule has 2 aromatic heterocycles. The lowest BCUT2D eigenvalue weighted by molar-refractivity contribution is 0.240. The second kappa shape index (κ2) is 5.85. The number of halogens is 1. The van der Waals surface area contributed by atoms with E-state index in [1.165, 1.54) is 4.68 Å². The number of hydrogen-bond acceptors (Lipinski definition) is 4. The predicted octanol–water partition coefficient (Wildman–Crippen LogP) is 1.52. The highest BCUT2D eigenvalue weighted by Gasteiger charge is 2.21. The Morgan fingerprint density at radius 2 is 2.14 bits per heavy atom. The van der Waals surface area contributed by atoms with Gasteiger partial charge in [0.05, 0.1) is 11.4 Å². The van der Waals surface area contributed by atoms with E-state index >= 15 is 0 Å². The second-order valence-electron chi connectivity index (χ2n) is 5.71. The second-order valence-corrected chi connectivity index (χ2v) is 6.07. The summed E-state index contributed by atoms with van der Waals surface area (Å²) in [6, 6.07) is 1.72. The number of aryl methyl sites for hydroxylation is 3. The van der Waals surface area contributed by atoms with E-state index < -0.39 is 0 Å². The molecule has 0 saturated heterocycles. The molecule has 1 aliphatic rings. The van der Waals surface area contributed by atoms with E-state index in [9.17, 15) is 4.79 Å². The number of nitrogens with zero attached hydrogens (tertiary/aromatic N) is 5. The molecule has 0 N–H and O–H groups in total. The van der Waals surface area contributed by atoms with Gasteiger partial charge in [0, 0.05) is 51.3 Å². The first-order valence-electron chi connectivity index (χ1n) is 7.49. The average Bonchev–Trinajstić information content (AvgIpc) is 2.73. The molecule has 0 radical (unpaired) electrons. The van der Waals surface area contributed by atoms with Crippen molar-refractivity contribution in [1.82, 2.24) is 24.5 Å². The first-order chi connectivity index (χ1) is 10.5. The summed E-state index contributed by atoms with van der Waals surface area (Å²) in [6.07, 6.45) is 0.854. The van der Waals surface area contributed by atoms with Crippen molar-refractivity contribution in [3.05, 3.63) is 44.1 Å². The van der Waals surface area contributed by atoms with Gasteiger partial charge in [0.2, 0.25) is 0 Å². The Labute approximate surface area is 134 Å². The van der Waals surface area contributed by atoms with E-state index in [1.54, 1.807) is 10.7 Å². The van der Waals surface area contributed by atoms with Gasteiger partial charge in [-0.25, -0.2) is 4.68 Å². The molecule has 6 nitrogen and oxygen atoms in total. The molecule has 3 rings (SSSR count). The number of rotatable bonds is 3. The zero-order chi connectivity index (χ0) is 15.9. The minimum absolute atomic E-state index is 0.0290. The maximum Gasteiger partial charge on any atom is 0.267 e. The summed E-state index contributed by atoms with van der Waals surface area (Å²) in [5.41, 5.74) is 4.05. The monoisotopic (exact) mass is 321 g/mol. The third-order valence-electron chi connectivity index (χ3n) is 4.17. The van der Waals surface area contributed by atoms with Crippen LogP contribution in [0.2, 0.25) is 5.15 Å². The zero-order valence-electron chi connectivity index (χ0n) is 13.1. The number of aromatic nitrogens is 4. The lowest BCUT2D eigenvalue weighted by atomic mass is 10.1. The van der Waals surface area contributed by atoms with Crippen LogP contribution in [0.15, 0.2) is 10.9 Å². The van der Waals surface area contributed by atoms with Gasteiger partial charge in [-0.05, 0) is 19.4 Å². The molecule has 22 heavy (non-hydrogen) atoms. The van der Waals surface area contributed by atoms with E-state index in [0.29, 0.717) is 11.7 Å². The van der Waals surface area contributed by atoms with Gasteiger partial charge in [0.15, 0.2) is 0 Å². The van der Waals surface area contributed by atoms with Crippen LogP contribution in [0.1, 0.15) is 29.4 Å². The molecule has 3 heterocycles. The van der Waals surface area contributed by atoms with Crippen molar-refractivity contribution in [1.29, 1.82) is 0 Å². The molecule has 0 spiro atoms. The van der Waals surface area contributed by atoms with E-state index in [4.69, 9.17) is 11.6 Å². The topological polar surface area (TPSA) is 56.0 Å². The van der Waals surface area contributed by atoms with Crippen LogP contribution in [0.3, 0.4) is 0 Å². The van der Waals surface area contributed by atoms with Crippen molar-refractivity contribution in [2.24, 2.45) is 7.05 Å². The largest absolute Gasteiger partial charge is 0.294 e. The summed E-state index contributed by atoms with van der Waals surface area (Å²) in [6.45, 7) is 6.90. The lowest BCUT2D eigenvalue weighted by Gasteiger charge is -2.28. The van der Waals surface area contributed by atoms with Gasteiger partial charge in [0.25, 0.3) is 5.56 Å². The number of hydrogen-bond donors (Lipinski definition) is 0. The van der Waals surface area contributed by atoms with Crippen molar-refractivity contribution in [2.75, 3.05) is 6.54 Å². The van der Waals surface area contributed by atoms with Gasteiger partial charge in [-0.15, -0.1) is 0 Å². The van der Waals surface area contributed by atoms with Gasteiger partial charge in [-0.1, -0.05) is 11.6 Å². The smallest absolute Gasteiger partial charge is 0.267 e. The fraction of sp³-hybridized carbons (Fsp3) is 0.533. The first-order valence-corrected chi connectivity index (χ1v) is 7.87. The van der Waals surface area contributed by atoms with Crippen molar-refractivity contribution in [2.45, 2.75) is 39.9 Å². The molecule has 0 bridgehead atoms. The first kappa shape index (κ1) is 15.2. The summed E-state index contributed by atoms with van der Waals surface area (Å²) in [7, 11) is 1.85. The molecule has 0 aliphatic carbocycles. The lowest BCUT2D eigenvalue weighted by Crippen LogP contribution is -2.34. The summed E-state index contributed by atoms with van der Waals surface area (Å²) in [4.78, 5) is 14.2. The quantitative estimate of drug-likeness (QED) is 0.860. The van der Waals surface area contributed by atoms with Crippen LogP contribution in [0.25, 0.3) is 0 Å². The summed E-state index contributed by atoms with van der Waals surface area (Å²) >= 11 is 6.31. The van der Waals surface area contributed by atoms with E-state index in [0.717, 1.165) is 48.6 Å². The Kier molecular flexibility index (Phi) is 4.06. The molecule has 2 aromatic rings. The van der Waals surface area contributed by atoms with Gasteiger partial charge in [0.1, 0.15) is 5.15 Å². The SMILES string of the molecule is CCn1nc2c(cc1=O)CN(Cc1c(C)nn(C)c1Cl)CC2. The van der Waals surface area contributed by atoms with Crippen LogP contribution in [0, 0.1) is 6.92 Å². The fourth-order valence-corrected chi connectivity index (χ4v) is 3.17. The molecule has 0 amide bonds. The molecule has 7 heteroatoms. The third kappa shape index (κ3) is 2.68. The highest BCUT2D eigenvalue weighted by atomic mass is 35.5. The van der Waals surface area contributed by atoms with Crippen LogP contribution in [0.5, 0.6) is 0 Å². The molecule has 0 fully saturated rings. The maximum atomic E-state index is 11.9. The van der Waals surface area contributed by atoms with Gasteiger partial charge in [-0.2, -0.15) is 10.2 Å². The maximum absolute atomic E-state index is 11.9. The Morgan fingerprint density at radius 3 is 2.77 bits per heavy atom. The molecule has 0 saturated carbocycles. The van der Waals surface area contributed by atoms with E-state index in [-0.39, 0.29) is 5.56 Å². The zero-order valence-corrected chi connectivity index (χ0v) is 13.9. The average molecular weight is 322 g/mol. The van der Waals surface area contributed by atoms with Crippen LogP contribution in [-0.2, 0) is 33.1 Å². The van der Waals surface area contributed by atoms with Gasteiger partial charge in [-0.3, -0.25) is 14.4 Å². The molecule has 118 valence electrons. The predicted molar refractivity (Wildman–Crippen MR) is 84.9 cm³/mol. The Hall–Kier alpha value is -1.66. The fourth-order valence-electron chi connectivity index (χ4n) is 2.94. The van der Waals surface area contributed by atoms with Crippen LogP contribution in [-0.4, -0.2) is 31.0 Å². The summed E-state index contributed by atoms with van der Waals surface area (Å²) in [5.74, 6) is 0. The minimum atomic E-state index is -0.0290. The van der Waals surface area contributed by atoms with Crippen molar-refractivity contribution in [3.63, 3.8) is 0 Å². The Morgan fingerprint density at radius 1 is 1.36 bits per heavy atom. The molecular weight excluding hydrogens is 302 g/mol. The third-order valence-corrected chi connectivity index (χ3v) is 4.65. The number of fused-ring (bicyclic) bond motifs is 1. The molecule has 1 aliphatic heterocycles. The van der Waals surface area contributed by atoms with Crippen molar-refractivity contribution < 1.29 is 0 Å². The van der Waals surface area contributed by atoms with Crippen LogP contribution < -0.4 is 5.56 Å². The van der Waals surface area contributed by atoms with Crippen molar-refractivity contribution in [3.8, 4) is 0 Å². The molecule has 0 aromatic carbocycles. The van der Waals surface area contributed by atoms with Gasteiger partial charge < -0.3 is 0 Å². The standard InChI is InChI=1S/C15H20ClN5O/c1-4-21-14(22)7-11-8-20(6-5-13(11)18-21)9-12-10(2)17-19(3)15(12)16/h7H,4-6,8-9H2,1-3H3. The summed E-state index contributed by atoms with van der Waals surface area (Å²) in [5, 5.41) is 9.48. The molecule has 0 unspecified atom stereocenters. The highest BCUT2D eigenvalue weighted by Crippen LogP contribution is 2.23. The van der Waals surface area contributed by atoms with Crippen LogP contribution in [0.4, 0.5) is 0 Å². The minimum Gasteiger partial charge on any atom is -0.294 e.